The second-order valence-electron chi connectivity index (χ2n) is 9.43. The summed E-state index contributed by atoms with van der Waals surface area (Å²) < 4.78 is 9.72. The van der Waals surface area contributed by atoms with Crippen molar-refractivity contribution in [1.29, 1.82) is 0 Å². The Morgan fingerprint density at radius 1 is 1.06 bits per heavy atom. The highest BCUT2D eigenvalue weighted by Gasteiger charge is 2.25. The summed E-state index contributed by atoms with van der Waals surface area (Å²) in [7, 11) is 0. The molecule has 8 heteroatoms. The standard InChI is InChI=1S/C27H32N6O2/c1-5-15-33-24(21-6-8-22(9-7-21)32-16-14-29-19-32)18-30-25(33)23(17-20-10-12-28-13-11-20)31-26(34)35-27(2,3)4/h6-14,16,18-19,23H,5,15,17H2,1-4H3,(H,31,34). The lowest BCUT2D eigenvalue weighted by Crippen LogP contribution is -2.37. The van der Waals surface area contributed by atoms with E-state index in [1.807, 2.05) is 49.9 Å². The summed E-state index contributed by atoms with van der Waals surface area (Å²) in [4.78, 5) is 25.8. The molecule has 0 spiro atoms. The Bertz CT molecular complexity index is 1230. The van der Waals surface area contributed by atoms with E-state index in [4.69, 9.17) is 9.72 Å². The first-order chi connectivity index (χ1) is 16.8. The van der Waals surface area contributed by atoms with Gasteiger partial charge in [0, 0.05) is 43.4 Å². The van der Waals surface area contributed by atoms with Crippen molar-refractivity contribution < 1.29 is 9.53 Å². The third-order valence-electron chi connectivity index (χ3n) is 5.49. The molecule has 3 aromatic heterocycles. The molecule has 0 aliphatic heterocycles. The van der Waals surface area contributed by atoms with Gasteiger partial charge in [-0.2, -0.15) is 0 Å². The third kappa shape index (κ3) is 6.15. The van der Waals surface area contributed by atoms with Crippen LogP contribution < -0.4 is 5.32 Å². The minimum atomic E-state index is -0.591. The van der Waals surface area contributed by atoms with E-state index in [1.54, 1.807) is 24.9 Å². The van der Waals surface area contributed by atoms with Crippen LogP contribution in [0.1, 0.15) is 51.5 Å². The molecule has 1 atom stereocenters. The van der Waals surface area contributed by atoms with Gasteiger partial charge in [-0.3, -0.25) is 4.98 Å². The van der Waals surface area contributed by atoms with Crippen molar-refractivity contribution in [2.75, 3.05) is 0 Å². The number of imidazole rings is 2. The lowest BCUT2D eigenvalue weighted by Gasteiger charge is -2.24. The highest BCUT2D eigenvalue weighted by atomic mass is 16.6. The maximum absolute atomic E-state index is 12.7. The zero-order chi connectivity index (χ0) is 24.8. The zero-order valence-electron chi connectivity index (χ0n) is 20.7. The smallest absolute Gasteiger partial charge is 0.408 e. The maximum atomic E-state index is 12.7. The molecule has 0 fully saturated rings. The fraction of sp³-hybridized carbons (Fsp3) is 0.333. The first kappa shape index (κ1) is 24.2. The number of hydrogen-bond donors (Lipinski definition) is 1. The molecular formula is C27H32N6O2. The van der Waals surface area contributed by atoms with Gasteiger partial charge < -0.3 is 19.2 Å². The topological polar surface area (TPSA) is 86.9 Å². The molecule has 3 heterocycles. The SMILES string of the molecule is CCCn1c(-c2ccc(-n3ccnc3)cc2)cnc1C(Cc1ccncc1)NC(=O)OC(C)(C)C. The van der Waals surface area contributed by atoms with Crippen LogP contribution >= 0.6 is 0 Å². The molecule has 4 rings (SSSR count). The average molecular weight is 473 g/mol. The minimum Gasteiger partial charge on any atom is -0.444 e. The third-order valence-corrected chi connectivity index (χ3v) is 5.49. The number of carbonyl (C=O) groups is 1. The number of ether oxygens (including phenoxy) is 1. The Labute approximate surface area is 206 Å². The minimum absolute atomic E-state index is 0.363. The molecule has 35 heavy (non-hydrogen) atoms. The number of pyridine rings is 1. The number of rotatable bonds is 8. The summed E-state index contributed by atoms with van der Waals surface area (Å²) >= 11 is 0. The number of nitrogens with one attached hydrogen (secondary N) is 1. The van der Waals surface area contributed by atoms with Gasteiger partial charge in [-0.15, -0.1) is 0 Å². The van der Waals surface area contributed by atoms with Gasteiger partial charge in [0.25, 0.3) is 0 Å². The molecular weight excluding hydrogens is 440 g/mol. The molecule has 1 N–H and O–H groups in total. The highest BCUT2D eigenvalue weighted by Crippen LogP contribution is 2.27. The van der Waals surface area contributed by atoms with E-state index in [1.165, 1.54) is 0 Å². The first-order valence-electron chi connectivity index (χ1n) is 11.9. The second kappa shape index (κ2) is 10.5. The second-order valence-corrected chi connectivity index (χ2v) is 9.43. The van der Waals surface area contributed by atoms with E-state index in [2.05, 4.69) is 51.0 Å². The van der Waals surface area contributed by atoms with Gasteiger partial charge >= 0.3 is 6.09 Å². The molecule has 1 amide bonds. The number of nitrogens with zero attached hydrogens (tertiary/aromatic N) is 5. The molecule has 182 valence electrons. The fourth-order valence-corrected chi connectivity index (χ4v) is 3.98. The van der Waals surface area contributed by atoms with Crippen molar-refractivity contribution in [3.63, 3.8) is 0 Å². The summed E-state index contributed by atoms with van der Waals surface area (Å²) in [5, 5.41) is 3.05. The van der Waals surface area contributed by atoms with Crippen LogP contribution in [-0.2, 0) is 17.7 Å². The Morgan fingerprint density at radius 3 is 2.43 bits per heavy atom. The molecule has 1 unspecified atom stereocenters. The highest BCUT2D eigenvalue weighted by molar-refractivity contribution is 5.68. The van der Waals surface area contributed by atoms with E-state index in [9.17, 15) is 4.79 Å². The number of benzene rings is 1. The number of alkyl carbamates (subject to hydrolysis) is 1. The fourth-order valence-electron chi connectivity index (χ4n) is 3.98. The predicted octanol–water partition coefficient (Wildman–Crippen LogP) is 5.35. The van der Waals surface area contributed by atoms with Gasteiger partial charge in [0.1, 0.15) is 11.4 Å². The average Bonchev–Trinajstić information content (AvgIpc) is 3.49. The van der Waals surface area contributed by atoms with Crippen LogP contribution in [0.4, 0.5) is 4.79 Å². The quantitative estimate of drug-likeness (QED) is 0.374. The van der Waals surface area contributed by atoms with Crippen molar-refractivity contribution in [3.8, 4) is 16.9 Å². The van der Waals surface area contributed by atoms with Crippen LogP contribution in [0.25, 0.3) is 16.9 Å². The van der Waals surface area contributed by atoms with Crippen molar-refractivity contribution in [2.45, 2.75) is 58.7 Å². The molecule has 0 aliphatic carbocycles. The molecule has 0 bridgehead atoms. The van der Waals surface area contributed by atoms with E-state index in [0.29, 0.717) is 6.42 Å². The molecule has 0 saturated carbocycles. The maximum Gasteiger partial charge on any atom is 0.408 e. The van der Waals surface area contributed by atoms with Crippen molar-refractivity contribution in [1.82, 2.24) is 29.4 Å². The molecule has 4 aromatic rings. The largest absolute Gasteiger partial charge is 0.444 e. The summed E-state index contributed by atoms with van der Waals surface area (Å²) in [5.74, 6) is 0.795. The van der Waals surface area contributed by atoms with E-state index >= 15 is 0 Å². The van der Waals surface area contributed by atoms with Crippen LogP contribution in [0.15, 0.2) is 73.7 Å². The zero-order valence-corrected chi connectivity index (χ0v) is 20.7. The van der Waals surface area contributed by atoms with Crippen molar-refractivity contribution >= 4 is 6.09 Å². The molecule has 0 radical (unpaired) electrons. The van der Waals surface area contributed by atoms with Crippen LogP contribution in [0.3, 0.4) is 0 Å². The molecule has 8 nitrogen and oxygen atoms in total. The van der Waals surface area contributed by atoms with Gasteiger partial charge in [-0.05, 0) is 62.6 Å². The van der Waals surface area contributed by atoms with Gasteiger partial charge in [0.2, 0.25) is 0 Å². The Hall–Kier alpha value is -3.94. The van der Waals surface area contributed by atoms with Crippen LogP contribution in [0.5, 0.6) is 0 Å². The molecule has 0 aliphatic rings. The Morgan fingerprint density at radius 2 is 1.80 bits per heavy atom. The number of hydrogen-bond acceptors (Lipinski definition) is 5. The van der Waals surface area contributed by atoms with Crippen LogP contribution in [0, 0.1) is 0 Å². The van der Waals surface area contributed by atoms with Crippen molar-refractivity contribution in [3.05, 3.63) is 85.1 Å². The van der Waals surface area contributed by atoms with Gasteiger partial charge in [-0.1, -0.05) is 19.1 Å². The van der Waals surface area contributed by atoms with Crippen molar-refractivity contribution in [2.24, 2.45) is 0 Å². The summed E-state index contributed by atoms with van der Waals surface area (Å²) in [6, 6.07) is 11.8. The van der Waals surface area contributed by atoms with Gasteiger partial charge in [-0.25, -0.2) is 14.8 Å². The lowest BCUT2D eigenvalue weighted by molar-refractivity contribution is 0.0500. The number of amides is 1. The Kier molecular flexibility index (Phi) is 7.29. The van der Waals surface area contributed by atoms with Crippen LogP contribution in [-0.4, -0.2) is 35.8 Å². The van der Waals surface area contributed by atoms with Crippen LogP contribution in [0.2, 0.25) is 0 Å². The monoisotopic (exact) mass is 472 g/mol. The lowest BCUT2D eigenvalue weighted by atomic mass is 10.1. The predicted molar refractivity (Wildman–Crippen MR) is 135 cm³/mol. The van der Waals surface area contributed by atoms with E-state index < -0.39 is 11.7 Å². The normalized spacial score (nSPS) is 12.3. The summed E-state index contributed by atoms with van der Waals surface area (Å²) in [6.07, 6.45) is 11.9. The Balaban J connectivity index is 1.67. The van der Waals surface area contributed by atoms with Gasteiger partial charge in [0.15, 0.2) is 0 Å². The molecule has 0 saturated heterocycles. The first-order valence-corrected chi connectivity index (χ1v) is 11.9. The van der Waals surface area contributed by atoms with E-state index in [0.717, 1.165) is 41.3 Å². The molecule has 1 aromatic carbocycles. The number of aromatic nitrogens is 5. The summed E-state index contributed by atoms with van der Waals surface area (Å²) in [5.41, 5.74) is 3.56. The van der Waals surface area contributed by atoms with E-state index in [-0.39, 0.29) is 6.04 Å². The number of carbonyl (C=O) groups excluding carboxylic acids is 1. The van der Waals surface area contributed by atoms with Gasteiger partial charge in [0.05, 0.1) is 24.3 Å². The summed E-state index contributed by atoms with van der Waals surface area (Å²) in [6.45, 7) is 8.47.